The van der Waals surface area contributed by atoms with Gasteiger partial charge < -0.3 is 9.47 Å². The first kappa shape index (κ1) is 16.7. The number of unbranched alkanes of at least 4 members (excludes halogenated alkanes) is 1. The van der Waals surface area contributed by atoms with Crippen LogP contribution < -0.4 is 9.47 Å². The van der Waals surface area contributed by atoms with Gasteiger partial charge in [0, 0.05) is 6.42 Å². The Balaban J connectivity index is 2.67. The lowest BCUT2D eigenvalue weighted by atomic mass is 10.2. The van der Waals surface area contributed by atoms with E-state index >= 15 is 0 Å². The van der Waals surface area contributed by atoms with Gasteiger partial charge in [0.05, 0.1) is 7.11 Å². The lowest BCUT2D eigenvalue weighted by molar-refractivity contribution is -0.134. The predicted octanol–water partition coefficient (Wildman–Crippen LogP) is 3.56. The minimum absolute atomic E-state index is 0.283. The molecule has 0 heterocycles. The molecule has 21 heavy (non-hydrogen) atoms. The fraction of sp³-hybridized carbons (Fsp3) is 0.294. The Bertz CT molecular complexity index is 530. The molecule has 0 saturated heterocycles. The molecule has 0 aliphatic heterocycles. The molecular formula is C17H20O4. The zero-order valence-corrected chi connectivity index (χ0v) is 12.4. The first-order valence-electron chi connectivity index (χ1n) is 6.83. The van der Waals surface area contributed by atoms with E-state index in [0.717, 1.165) is 18.4 Å². The highest BCUT2D eigenvalue weighted by atomic mass is 16.6. The lowest BCUT2D eigenvalue weighted by Crippen LogP contribution is -2.08. The summed E-state index contributed by atoms with van der Waals surface area (Å²) in [4.78, 5) is 22.0. The van der Waals surface area contributed by atoms with Gasteiger partial charge in [-0.25, -0.2) is 0 Å². The van der Waals surface area contributed by atoms with E-state index < -0.39 is 0 Å². The Morgan fingerprint density at radius 1 is 1.29 bits per heavy atom. The van der Waals surface area contributed by atoms with Crippen LogP contribution in [0.25, 0.3) is 6.08 Å². The van der Waals surface area contributed by atoms with Crippen LogP contribution in [0.3, 0.4) is 0 Å². The number of benzene rings is 1. The molecule has 112 valence electrons. The second-order valence-electron chi connectivity index (χ2n) is 4.34. The summed E-state index contributed by atoms with van der Waals surface area (Å²) in [6.45, 7) is 1.95. The molecule has 0 saturated carbocycles. The summed E-state index contributed by atoms with van der Waals surface area (Å²) in [7, 11) is 1.51. The summed E-state index contributed by atoms with van der Waals surface area (Å²) in [5.74, 6) is 0.565. The normalized spacial score (nSPS) is 11.0. The van der Waals surface area contributed by atoms with Crippen molar-refractivity contribution in [3.8, 4) is 11.5 Å². The van der Waals surface area contributed by atoms with Crippen LogP contribution >= 0.6 is 0 Å². The summed E-state index contributed by atoms with van der Waals surface area (Å²) >= 11 is 0. The average molecular weight is 288 g/mol. The molecule has 1 aromatic carbocycles. The Morgan fingerprint density at radius 2 is 2.10 bits per heavy atom. The van der Waals surface area contributed by atoms with Crippen molar-refractivity contribution in [2.24, 2.45) is 0 Å². The first-order valence-corrected chi connectivity index (χ1v) is 6.83. The zero-order valence-electron chi connectivity index (χ0n) is 12.4. The number of carbonyl (C=O) groups is 2. The largest absolute Gasteiger partial charge is 0.493 e. The predicted molar refractivity (Wildman–Crippen MR) is 82.4 cm³/mol. The van der Waals surface area contributed by atoms with Crippen molar-refractivity contribution in [1.29, 1.82) is 0 Å². The molecule has 1 rings (SSSR count). The highest BCUT2D eigenvalue weighted by Gasteiger charge is 2.10. The van der Waals surface area contributed by atoms with E-state index in [0.29, 0.717) is 24.2 Å². The van der Waals surface area contributed by atoms with Gasteiger partial charge in [0.25, 0.3) is 0 Å². The molecule has 0 aromatic heterocycles. The van der Waals surface area contributed by atoms with Crippen LogP contribution in [0.5, 0.6) is 11.5 Å². The number of esters is 1. The number of ether oxygens (including phenoxy) is 2. The lowest BCUT2D eigenvalue weighted by Gasteiger charge is -2.09. The maximum Gasteiger partial charge on any atom is 0.311 e. The van der Waals surface area contributed by atoms with Crippen LogP contribution in [-0.4, -0.2) is 19.4 Å². The van der Waals surface area contributed by atoms with Crippen LogP contribution in [0.2, 0.25) is 0 Å². The number of rotatable bonds is 8. The monoisotopic (exact) mass is 288 g/mol. The third-order valence-electron chi connectivity index (χ3n) is 2.77. The summed E-state index contributed by atoms with van der Waals surface area (Å²) in [5.41, 5.74) is 0.798. The molecular weight excluding hydrogens is 268 g/mol. The fourth-order valence-corrected chi connectivity index (χ4v) is 1.73. The van der Waals surface area contributed by atoms with Gasteiger partial charge >= 0.3 is 5.97 Å². The molecule has 4 heteroatoms. The Kier molecular flexibility index (Phi) is 7.58. The summed E-state index contributed by atoms with van der Waals surface area (Å²) in [6.07, 6.45) is 9.69. The third kappa shape index (κ3) is 6.08. The minimum Gasteiger partial charge on any atom is -0.493 e. The van der Waals surface area contributed by atoms with E-state index in [2.05, 4.69) is 0 Å². The molecule has 0 atom stereocenters. The van der Waals surface area contributed by atoms with Crippen LogP contribution in [0.4, 0.5) is 0 Å². The van der Waals surface area contributed by atoms with Gasteiger partial charge in [-0.3, -0.25) is 9.59 Å². The topological polar surface area (TPSA) is 52.6 Å². The van der Waals surface area contributed by atoms with Gasteiger partial charge in [0.1, 0.15) is 6.29 Å². The van der Waals surface area contributed by atoms with Crippen molar-refractivity contribution in [3.63, 3.8) is 0 Å². The van der Waals surface area contributed by atoms with Crippen molar-refractivity contribution in [3.05, 3.63) is 42.0 Å². The molecule has 0 amide bonds. The van der Waals surface area contributed by atoms with E-state index in [1.54, 1.807) is 24.3 Å². The van der Waals surface area contributed by atoms with Gasteiger partial charge in [-0.05, 0) is 43.5 Å². The summed E-state index contributed by atoms with van der Waals surface area (Å²) < 4.78 is 10.5. The summed E-state index contributed by atoms with van der Waals surface area (Å²) in [6, 6.07) is 5.13. The SMILES string of the molecule is C/C=C\CCCC(=O)Oc1ccc(/C=C/C=O)cc1OC. The number of hydrogen-bond acceptors (Lipinski definition) is 4. The van der Waals surface area contributed by atoms with Crippen LogP contribution in [-0.2, 0) is 9.59 Å². The molecule has 0 N–H and O–H groups in total. The number of methoxy groups -OCH3 is 1. The molecule has 0 aliphatic carbocycles. The van der Waals surface area contributed by atoms with Crippen molar-refractivity contribution < 1.29 is 19.1 Å². The molecule has 0 bridgehead atoms. The van der Waals surface area contributed by atoms with Gasteiger partial charge in [0.2, 0.25) is 0 Å². The fourth-order valence-electron chi connectivity index (χ4n) is 1.73. The molecule has 0 unspecified atom stereocenters. The second-order valence-corrected chi connectivity index (χ2v) is 4.34. The Hall–Kier alpha value is -2.36. The van der Waals surface area contributed by atoms with Crippen LogP contribution in [0, 0.1) is 0 Å². The van der Waals surface area contributed by atoms with E-state index in [1.807, 2.05) is 19.1 Å². The highest BCUT2D eigenvalue weighted by Crippen LogP contribution is 2.29. The number of carbonyl (C=O) groups excluding carboxylic acids is 2. The van der Waals surface area contributed by atoms with Crippen molar-refractivity contribution in [2.75, 3.05) is 7.11 Å². The van der Waals surface area contributed by atoms with Crippen LogP contribution in [0.1, 0.15) is 31.7 Å². The second kappa shape index (κ2) is 9.53. The maximum atomic E-state index is 11.7. The Morgan fingerprint density at radius 3 is 2.76 bits per heavy atom. The van der Waals surface area contributed by atoms with Gasteiger partial charge in [-0.1, -0.05) is 24.3 Å². The molecule has 0 aliphatic rings. The van der Waals surface area contributed by atoms with Gasteiger partial charge in [-0.15, -0.1) is 0 Å². The molecule has 0 fully saturated rings. The standard InChI is InChI=1S/C17H20O4/c1-3-4-5-6-9-17(19)21-15-11-10-14(8-7-12-18)13-16(15)20-2/h3-4,7-8,10-13H,5-6,9H2,1-2H3/b4-3-,8-7+. The smallest absolute Gasteiger partial charge is 0.311 e. The quantitative estimate of drug-likeness (QED) is 0.183. The average Bonchev–Trinajstić information content (AvgIpc) is 2.50. The van der Waals surface area contributed by atoms with E-state index in [-0.39, 0.29) is 5.97 Å². The number of hydrogen-bond donors (Lipinski definition) is 0. The third-order valence-corrected chi connectivity index (χ3v) is 2.77. The van der Waals surface area contributed by atoms with E-state index in [9.17, 15) is 9.59 Å². The number of aldehydes is 1. The molecule has 4 nitrogen and oxygen atoms in total. The van der Waals surface area contributed by atoms with E-state index in [1.165, 1.54) is 13.2 Å². The van der Waals surface area contributed by atoms with E-state index in [4.69, 9.17) is 9.47 Å². The van der Waals surface area contributed by atoms with Crippen molar-refractivity contribution >= 4 is 18.3 Å². The molecule has 0 radical (unpaired) electrons. The number of allylic oxidation sites excluding steroid dienone is 3. The maximum absolute atomic E-state index is 11.7. The molecule has 0 spiro atoms. The van der Waals surface area contributed by atoms with Crippen molar-refractivity contribution in [1.82, 2.24) is 0 Å². The Labute approximate surface area is 125 Å². The first-order chi connectivity index (χ1) is 10.2. The molecule has 1 aromatic rings. The zero-order chi connectivity index (χ0) is 15.5. The van der Waals surface area contributed by atoms with Crippen molar-refractivity contribution in [2.45, 2.75) is 26.2 Å². The minimum atomic E-state index is -0.283. The van der Waals surface area contributed by atoms with Crippen LogP contribution in [0.15, 0.2) is 36.4 Å². The highest BCUT2D eigenvalue weighted by molar-refractivity contribution is 5.76. The summed E-state index contributed by atoms with van der Waals surface area (Å²) in [5, 5.41) is 0. The van der Waals surface area contributed by atoms with Gasteiger partial charge in [0.15, 0.2) is 11.5 Å². The van der Waals surface area contributed by atoms with Gasteiger partial charge in [-0.2, -0.15) is 0 Å².